The Hall–Kier alpha value is -4.15. The first-order valence-corrected chi connectivity index (χ1v) is 16.4. The number of carboxylic acids is 1. The number of nitrogens with zero attached hydrogens (tertiary/aromatic N) is 3. The number of halogens is 4. The fourth-order valence-corrected chi connectivity index (χ4v) is 5.87. The van der Waals surface area contributed by atoms with E-state index in [1.54, 1.807) is 12.1 Å². The number of alkyl halides is 3. The van der Waals surface area contributed by atoms with Gasteiger partial charge in [-0.25, -0.2) is 14.8 Å². The minimum atomic E-state index is -5.08. The molecule has 0 bridgehead atoms. The maximum atomic E-state index is 12.8. The summed E-state index contributed by atoms with van der Waals surface area (Å²) in [7, 11) is 0. The highest BCUT2D eigenvalue weighted by molar-refractivity contribution is 6.32. The molecule has 1 saturated heterocycles. The first kappa shape index (κ1) is 37.7. The third-order valence-electron chi connectivity index (χ3n) is 8.14. The van der Waals surface area contributed by atoms with Crippen molar-refractivity contribution in [3.8, 4) is 5.75 Å². The van der Waals surface area contributed by atoms with E-state index in [1.807, 2.05) is 17.0 Å². The molecule has 1 aromatic carbocycles. The Kier molecular flexibility index (Phi) is 13.8. The third kappa shape index (κ3) is 11.2. The van der Waals surface area contributed by atoms with E-state index in [0.717, 1.165) is 57.3 Å². The molecule has 2 amide bonds. The molecular formula is C32H40ClF3N6O7. The Morgan fingerprint density at radius 1 is 1.08 bits per heavy atom. The molecule has 49 heavy (non-hydrogen) atoms. The summed E-state index contributed by atoms with van der Waals surface area (Å²) in [5, 5.41) is 25.8. The number of aromatic nitrogens is 2. The zero-order valence-electron chi connectivity index (χ0n) is 26.7. The number of nitrogens with one attached hydrogen (secondary N) is 3. The number of fused-ring (bicyclic) bond motifs is 1. The first-order valence-electron chi connectivity index (χ1n) is 16.0. The molecule has 5 rings (SSSR count). The van der Waals surface area contributed by atoms with Crippen LogP contribution >= 0.6 is 11.6 Å². The molecule has 2 aliphatic heterocycles. The summed E-state index contributed by atoms with van der Waals surface area (Å²) in [4.78, 5) is 45.2. The number of hydrogen-bond donors (Lipinski definition) is 5. The first-order chi connectivity index (χ1) is 23.5. The normalized spacial score (nSPS) is 16.7. The van der Waals surface area contributed by atoms with Crippen LogP contribution in [0.1, 0.15) is 50.5 Å². The largest absolute Gasteiger partial charge is 0.490 e. The van der Waals surface area contributed by atoms with Crippen molar-refractivity contribution < 1.29 is 47.2 Å². The molecule has 268 valence electrons. The van der Waals surface area contributed by atoms with Crippen molar-refractivity contribution in [1.29, 1.82) is 0 Å². The van der Waals surface area contributed by atoms with Crippen molar-refractivity contribution in [2.45, 2.75) is 57.2 Å². The number of carbonyl (C=O) groups excluding carboxylic acids is 2. The second-order valence-electron chi connectivity index (χ2n) is 11.6. The number of hydrogen-bond acceptors (Lipinski definition) is 10. The number of carboxylic acid groups (broad SMARTS) is 1. The predicted octanol–water partition coefficient (Wildman–Crippen LogP) is 4.39. The van der Waals surface area contributed by atoms with E-state index in [2.05, 4.69) is 25.9 Å². The second kappa shape index (κ2) is 18.0. The zero-order chi connectivity index (χ0) is 35.4. The van der Waals surface area contributed by atoms with E-state index in [-0.39, 0.29) is 31.1 Å². The maximum absolute atomic E-state index is 12.8. The van der Waals surface area contributed by atoms with Gasteiger partial charge in [0.25, 0.3) is 0 Å². The van der Waals surface area contributed by atoms with Gasteiger partial charge in [-0.05, 0) is 43.5 Å². The summed E-state index contributed by atoms with van der Waals surface area (Å²) in [6.07, 6.45) is 4.64. The van der Waals surface area contributed by atoms with Crippen LogP contribution in [-0.4, -0.2) is 101 Å². The summed E-state index contributed by atoms with van der Waals surface area (Å²) >= 11 is 6.63. The lowest BCUT2D eigenvalue weighted by molar-refractivity contribution is -0.192. The number of benzene rings is 1. The minimum absolute atomic E-state index is 0.00795. The van der Waals surface area contributed by atoms with Gasteiger partial charge in [0.1, 0.15) is 29.8 Å². The monoisotopic (exact) mass is 712 g/mol. The molecule has 3 aliphatic rings. The predicted molar refractivity (Wildman–Crippen MR) is 175 cm³/mol. The third-order valence-corrected chi connectivity index (χ3v) is 8.43. The molecule has 1 saturated carbocycles. The molecule has 2 fully saturated rings. The van der Waals surface area contributed by atoms with Gasteiger partial charge in [0.15, 0.2) is 0 Å². The van der Waals surface area contributed by atoms with Gasteiger partial charge in [0, 0.05) is 56.2 Å². The standard InChI is InChI=1S/C30H39ClN6O5.C2HF3O2/c31-25-18-22(5-6-26(25)42-23-8-12-37(13-9-23)30(40)20-3-1-2-4-20)36-28-24-17-21(7-10-32-27(24)34-19-35-28)29(39)33-11-15-41-16-14-38;3-2(4,5)1(6)7/h5-6,17-20,23,38H,1-4,7-16H2,(H,33,39)(H2,32,34,35,36);(H,6,7). The molecule has 0 spiro atoms. The highest BCUT2D eigenvalue weighted by atomic mass is 35.5. The summed E-state index contributed by atoms with van der Waals surface area (Å²) in [6, 6.07) is 5.51. The minimum Gasteiger partial charge on any atom is -0.489 e. The fourth-order valence-electron chi connectivity index (χ4n) is 5.65. The molecule has 13 nitrogen and oxygen atoms in total. The van der Waals surface area contributed by atoms with Crippen LogP contribution < -0.4 is 20.7 Å². The Balaban J connectivity index is 0.000000698. The second-order valence-corrected chi connectivity index (χ2v) is 12.0. The van der Waals surface area contributed by atoms with Crippen LogP contribution in [0.2, 0.25) is 5.02 Å². The van der Waals surface area contributed by atoms with Crippen molar-refractivity contribution in [3.05, 3.63) is 40.7 Å². The number of likely N-dealkylation sites (tertiary alicyclic amines) is 1. The molecule has 1 aromatic heterocycles. The van der Waals surface area contributed by atoms with E-state index in [4.69, 9.17) is 36.1 Å². The summed E-state index contributed by atoms with van der Waals surface area (Å²) in [5.41, 5.74) is 1.99. The van der Waals surface area contributed by atoms with E-state index in [9.17, 15) is 22.8 Å². The molecular weight excluding hydrogens is 673 g/mol. The number of carbonyl (C=O) groups is 3. The molecule has 0 unspecified atom stereocenters. The van der Waals surface area contributed by atoms with Crippen LogP contribution in [-0.2, 0) is 19.1 Å². The number of ether oxygens (including phenoxy) is 2. The molecule has 2 aromatic rings. The lowest BCUT2D eigenvalue weighted by atomic mass is 10.0. The van der Waals surface area contributed by atoms with E-state index >= 15 is 0 Å². The number of anilines is 3. The molecule has 3 heterocycles. The topological polar surface area (TPSA) is 175 Å². The van der Waals surface area contributed by atoms with Gasteiger partial charge in [0.05, 0.1) is 30.4 Å². The Morgan fingerprint density at radius 3 is 2.45 bits per heavy atom. The average molecular weight is 713 g/mol. The van der Waals surface area contributed by atoms with Gasteiger partial charge < -0.3 is 40.5 Å². The van der Waals surface area contributed by atoms with E-state index in [1.165, 1.54) is 6.33 Å². The number of aliphatic carboxylic acids is 1. The number of piperidine rings is 1. The molecule has 1 aliphatic carbocycles. The van der Waals surface area contributed by atoms with Crippen LogP contribution in [0.4, 0.5) is 30.5 Å². The quantitative estimate of drug-likeness (QED) is 0.209. The van der Waals surface area contributed by atoms with Gasteiger partial charge in [-0.15, -0.1) is 0 Å². The van der Waals surface area contributed by atoms with Crippen molar-refractivity contribution in [2.75, 3.05) is 56.6 Å². The summed E-state index contributed by atoms with van der Waals surface area (Å²) in [5.74, 6) is -0.658. The van der Waals surface area contributed by atoms with Crippen molar-refractivity contribution in [2.24, 2.45) is 5.92 Å². The van der Waals surface area contributed by atoms with Gasteiger partial charge in [-0.2, -0.15) is 13.2 Å². The van der Waals surface area contributed by atoms with Gasteiger partial charge in [-0.3, -0.25) is 9.59 Å². The average Bonchev–Trinajstić information content (AvgIpc) is 3.52. The van der Waals surface area contributed by atoms with Crippen LogP contribution in [0.25, 0.3) is 6.08 Å². The van der Waals surface area contributed by atoms with Crippen molar-refractivity contribution in [3.63, 3.8) is 0 Å². The smallest absolute Gasteiger partial charge is 0.489 e. The maximum Gasteiger partial charge on any atom is 0.490 e. The van der Waals surface area contributed by atoms with E-state index < -0.39 is 12.1 Å². The Labute approximate surface area is 286 Å². The highest BCUT2D eigenvalue weighted by Gasteiger charge is 2.38. The van der Waals surface area contributed by atoms with Crippen LogP contribution in [0.3, 0.4) is 0 Å². The lowest BCUT2D eigenvalue weighted by Crippen LogP contribution is -2.44. The molecule has 0 radical (unpaired) electrons. The number of amides is 2. The van der Waals surface area contributed by atoms with Crippen LogP contribution in [0.5, 0.6) is 5.75 Å². The van der Waals surface area contributed by atoms with Gasteiger partial charge in [0.2, 0.25) is 11.8 Å². The summed E-state index contributed by atoms with van der Waals surface area (Å²) in [6.45, 7) is 2.84. The summed E-state index contributed by atoms with van der Waals surface area (Å²) < 4.78 is 43.2. The van der Waals surface area contributed by atoms with E-state index in [0.29, 0.717) is 65.6 Å². The fraction of sp³-hybridized carbons (Fsp3) is 0.531. The molecule has 17 heteroatoms. The SMILES string of the molecule is O=C(NCCOCCO)C1=Cc2c(ncnc2Nc2ccc(OC3CCN(C(=O)C4CCCC4)CC3)c(Cl)c2)NCC1.O=C(O)C(F)(F)F. The number of aliphatic hydroxyl groups is 1. The molecule has 5 N–H and O–H groups in total. The van der Waals surface area contributed by atoms with Crippen molar-refractivity contribution >= 4 is 52.8 Å². The Morgan fingerprint density at radius 2 is 1.80 bits per heavy atom. The lowest BCUT2D eigenvalue weighted by Gasteiger charge is -2.33. The van der Waals surface area contributed by atoms with Crippen molar-refractivity contribution in [1.82, 2.24) is 20.2 Å². The van der Waals surface area contributed by atoms with Gasteiger partial charge in [-0.1, -0.05) is 24.4 Å². The number of rotatable bonds is 11. The Bertz CT molecular complexity index is 1480. The van der Waals surface area contributed by atoms with Crippen LogP contribution in [0.15, 0.2) is 30.1 Å². The van der Waals surface area contributed by atoms with Crippen LogP contribution in [0, 0.1) is 5.92 Å². The molecule has 0 atom stereocenters. The number of aliphatic hydroxyl groups excluding tert-OH is 1. The highest BCUT2D eigenvalue weighted by Crippen LogP contribution is 2.34. The zero-order valence-corrected chi connectivity index (χ0v) is 27.5. The van der Waals surface area contributed by atoms with Gasteiger partial charge >= 0.3 is 12.1 Å².